The zero-order chi connectivity index (χ0) is 14.4. The highest BCUT2D eigenvalue weighted by Crippen LogP contribution is 2.21. The lowest BCUT2D eigenvalue weighted by molar-refractivity contribution is -0.139. The summed E-state index contributed by atoms with van der Waals surface area (Å²) in [6.07, 6.45) is 0.105. The van der Waals surface area contributed by atoms with Crippen molar-refractivity contribution in [3.8, 4) is 5.75 Å². The van der Waals surface area contributed by atoms with Gasteiger partial charge >= 0.3 is 5.97 Å². The van der Waals surface area contributed by atoms with Crippen molar-refractivity contribution in [1.29, 1.82) is 0 Å². The molecule has 0 spiro atoms. The summed E-state index contributed by atoms with van der Waals surface area (Å²) in [5.74, 6) is 0.0181. The molecule has 0 aliphatic heterocycles. The summed E-state index contributed by atoms with van der Waals surface area (Å²) < 4.78 is 5.76. The molecule has 0 unspecified atom stereocenters. The molecule has 106 valence electrons. The van der Waals surface area contributed by atoms with E-state index in [0.29, 0.717) is 6.54 Å². The summed E-state index contributed by atoms with van der Waals surface area (Å²) in [6.45, 7) is 8.56. The first-order valence-electron chi connectivity index (χ1n) is 6.60. The molecule has 1 rings (SSSR count). The smallest absolute Gasteiger partial charge is 0.317 e. The van der Waals surface area contributed by atoms with Gasteiger partial charge in [-0.25, -0.2) is 0 Å². The van der Waals surface area contributed by atoms with Crippen LogP contribution in [0.25, 0.3) is 0 Å². The minimum absolute atomic E-state index is 0.0354. The molecule has 0 saturated carbocycles. The van der Waals surface area contributed by atoms with Crippen molar-refractivity contribution in [3.63, 3.8) is 0 Å². The molecule has 0 fully saturated rings. The largest absolute Gasteiger partial charge is 0.491 e. The van der Waals surface area contributed by atoms with E-state index in [2.05, 4.69) is 0 Å². The van der Waals surface area contributed by atoms with Crippen molar-refractivity contribution in [1.82, 2.24) is 4.90 Å². The van der Waals surface area contributed by atoms with E-state index in [1.54, 1.807) is 0 Å². The molecule has 0 atom stereocenters. The molecule has 0 heterocycles. The molecule has 19 heavy (non-hydrogen) atoms. The summed E-state index contributed by atoms with van der Waals surface area (Å²) in [5.41, 5.74) is 1.02. The fraction of sp³-hybridized carbons (Fsp3) is 0.533. The Balaban J connectivity index is 2.86. The van der Waals surface area contributed by atoms with Gasteiger partial charge in [-0.1, -0.05) is 18.2 Å². The maximum atomic E-state index is 10.9. The first kappa shape index (κ1) is 15.5. The Morgan fingerprint density at radius 1 is 1.26 bits per heavy atom. The second kappa shape index (κ2) is 7.14. The third kappa shape index (κ3) is 5.30. The van der Waals surface area contributed by atoms with Gasteiger partial charge in [0.25, 0.3) is 0 Å². The zero-order valence-electron chi connectivity index (χ0n) is 12.1. The molecule has 4 nitrogen and oxygen atoms in total. The lowest BCUT2D eigenvalue weighted by Gasteiger charge is -2.26. The van der Waals surface area contributed by atoms with Gasteiger partial charge in [-0.2, -0.15) is 0 Å². The van der Waals surface area contributed by atoms with Crippen LogP contribution in [-0.4, -0.2) is 34.7 Å². The van der Waals surface area contributed by atoms with Gasteiger partial charge < -0.3 is 9.84 Å². The van der Waals surface area contributed by atoms with Crippen molar-refractivity contribution in [2.45, 2.75) is 46.4 Å². The molecule has 0 radical (unpaired) electrons. The van der Waals surface area contributed by atoms with E-state index < -0.39 is 5.97 Å². The van der Waals surface area contributed by atoms with Crippen LogP contribution in [0.4, 0.5) is 0 Å². The minimum Gasteiger partial charge on any atom is -0.491 e. The third-order valence-electron chi connectivity index (χ3n) is 2.78. The fourth-order valence-electron chi connectivity index (χ4n) is 1.82. The summed E-state index contributed by atoms with van der Waals surface area (Å²) in [5, 5.41) is 8.95. The topological polar surface area (TPSA) is 49.8 Å². The molecule has 0 aliphatic rings. The van der Waals surface area contributed by atoms with Crippen LogP contribution in [0.2, 0.25) is 0 Å². The lowest BCUT2D eigenvalue weighted by Crippen LogP contribution is -2.35. The number of para-hydroxylation sites is 1. The highest BCUT2D eigenvalue weighted by Gasteiger charge is 2.16. The maximum Gasteiger partial charge on any atom is 0.317 e. The number of nitrogens with zero attached hydrogens (tertiary/aromatic N) is 1. The normalized spacial score (nSPS) is 11.3. The molecule has 0 aliphatic carbocycles. The van der Waals surface area contributed by atoms with Gasteiger partial charge in [0.2, 0.25) is 0 Å². The predicted octanol–water partition coefficient (Wildman–Crippen LogP) is 2.77. The number of benzene rings is 1. The number of carboxylic acids is 1. The highest BCUT2D eigenvalue weighted by molar-refractivity contribution is 5.69. The van der Waals surface area contributed by atoms with E-state index in [1.165, 1.54) is 0 Å². The van der Waals surface area contributed by atoms with Crippen molar-refractivity contribution in [2.75, 3.05) is 6.54 Å². The van der Waals surface area contributed by atoms with Gasteiger partial charge in [0.15, 0.2) is 0 Å². The Morgan fingerprint density at radius 2 is 1.89 bits per heavy atom. The van der Waals surface area contributed by atoms with Crippen LogP contribution in [0.3, 0.4) is 0 Å². The fourth-order valence-corrected chi connectivity index (χ4v) is 1.82. The molecule has 0 saturated heterocycles. The molecule has 4 heteroatoms. The summed E-state index contributed by atoms with van der Waals surface area (Å²) >= 11 is 0. The van der Waals surface area contributed by atoms with Gasteiger partial charge in [0, 0.05) is 18.2 Å². The summed E-state index contributed by atoms with van der Waals surface area (Å²) in [7, 11) is 0. The number of hydrogen-bond donors (Lipinski definition) is 1. The van der Waals surface area contributed by atoms with Gasteiger partial charge in [0.05, 0.1) is 12.6 Å². The number of ether oxygens (including phenoxy) is 1. The van der Waals surface area contributed by atoms with E-state index in [4.69, 9.17) is 9.84 Å². The molecule has 0 amide bonds. The minimum atomic E-state index is -0.809. The molecule has 0 bridgehead atoms. The average molecular weight is 265 g/mol. The second-order valence-corrected chi connectivity index (χ2v) is 5.17. The van der Waals surface area contributed by atoms with E-state index in [9.17, 15) is 4.79 Å². The van der Waals surface area contributed by atoms with Crippen LogP contribution >= 0.6 is 0 Å². The van der Waals surface area contributed by atoms with Crippen molar-refractivity contribution >= 4 is 5.97 Å². The van der Waals surface area contributed by atoms with Crippen molar-refractivity contribution in [3.05, 3.63) is 29.8 Å². The maximum absolute atomic E-state index is 10.9. The molecule has 1 N–H and O–H groups in total. The van der Waals surface area contributed by atoms with E-state index in [0.717, 1.165) is 11.3 Å². The van der Waals surface area contributed by atoms with Crippen LogP contribution in [0, 0.1) is 0 Å². The van der Waals surface area contributed by atoms with E-state index in [1.807, 2.05) is 56.9 Å². The average Bonchev–Trinajstić information content (AvgIpc) is 2.29. The SMILES string of the molecule is CC(C)Oc1ccccc1CN(CC(=O)O)C(C)C. The Hall–Kier alpha value is -1.55. The van der Waals surface area contributed by atoms with Crippen LogP contribution in [0.1, 0.15) is 33.3 Å². The number of hydrogen-bond acceptors (Lipinski definition) is 3. The highest BCUT2D eigenvalue weighted by atomic mass is 16.5. The van der Waals surface area contributed by atoms with Crippen molar-refractivity contribution < 1.29 is 14.6 Å². The monoisotopic (exact) mass is 265 g/mol. The van der Waals surface area contributed by atoms with Crippen LogP contribution < -0.4 is 4.74 Å². The molecule has 1 aromatic rings. The number of rotatable bonds is 7. The number of aliphatic carboxylic acids is 1. The van der Waals surface area contributed by atoms with Crippen LogP contribution in [0.15, 0.2) is 24.3 Å². The molecular weight excluding hydrogens is 242 g/mol. The number of carbonyl (C=O) groups is 1. The summed E-state index contributed by atoms with van der Waals surface area (Å²) in [6, 6.07) is 7.95. The first-order chi connectivity index (χ1) is 8.90. The first-order valence-corrected chi connectivity index (χ1v) is 6.60. The lowest BCUT2D eigenvalue weighted by atomic mass is 10.1. The van der Waals surface area contributed by atoms with E-state index >= 15 is 0 Å². The molecular formula is C15H23NO3. The summed E-state index contributed by atoms with van der Waals surface area (Å²) in [4.78, 5) is 12.8. The number of carboxylic acid groups (broad SMARTS) is 1. The van der Waals surface area contributed by atoms with Crippen molar-refractivity contribution in [2.24, 2.45) is 0 Å². The standard InChI is InChI=1S/C15H23NO3/c1-11(2)16(10-15(17)18)9-13-7-5-6-8-14(13)19-12(3)4/h5-8,11-12H,9-10H2,1-4H3,(H,17,18). The predicted molar refractivity (Wildman–Crippen MR) is 75.4 cm³/mol. The second-order valence-electron chi connectivity index (χ2n) is 5.17. The Bertz CT molecular complexity index is 416. The van der Waals surface area contributed by atoms with Gasteiger partial charge in [0.1, 0.15) is 5.75 Å². The quantitative estimate of drug-likeness (QED) is 0.823. The molecule has 1 aromatic carbocycles. The third-order valence-corrected chi connectivity index (χ3v) is 2.78. The Kier molecular flexibility index (Phi) is 5.83. The Labute approximate surface area is 115 Å². The van der Waals surface area contributed by atoms with Gasteiger partial charge in [-0.05, 0) is 33.8 Å². The zero-order valence-corrected chi connectivity index (χ0v) is 12.1. The van der Waals surface area contributed by atoms with Gasteiger partial charge in [-0.15, -0.1) is 0 Å². The van der Waals surface area contributed by atoms with Crippen LogP contribution in [-0.2, 0) is 11.3 Å². The van der Waals surface area contributed by atoms with E-state index in [-0.39, 0.29) is 18.7 Å². The van der Waals surface area contributed by atoms with Crippen LogP contribution in [0.5, 0.6) is 5.75 Å². The van der Waals surface area contributed by atoms with Gasteiger partial charge in [-0.3, -0.25) is 9.69 Å². The molecule has 0 aromatic heterocycles. The Morgan fingerprint density at radius 3 is 2.42 bits per heavy atom.